The Morgan fingerprint density at radius 2 is 1.87 bits per heavy atom. The molecule has 3 aromatic rings. The fourth-order valence-electron chi connectivity index (χ4n) is 2.54. The summed E-state index contributed by atoms with van der Waals surface area (Å²) in [5.74, 6) is -0.598. The molecule has 0 radical (unpaired) electrons. The zero-order valence-electron chi connectivity index (χ0n) is 15.2. The number of nitro groups is 1. The van der Waals surface area contributed by atoms with Gasteiger partial charge in [-0.25, -0.2) is 18.7 Å². The number of benzene rings is 2. The molecule has 8 nitrogen and oxygen atoms in total. The normalized spacial score (nSPS) is 10.9. The van der Waals surface area contributed by atoms with Crippen LogP contribution in [0.25, 0.3) is 10.9 Å². The van der Waals surface area contributed by atoms with Gasteiger partial charge in [0, 0.05) is 12.1 Å². The van der Waals surface area contributed by atoms with E-state index >= 15 is 0 Å². The summed E-state index contributed by atoms with van der Waals surface area (Å²) in [6, 6.07) is 4.89. The van der Waals surface area contributed by atoms with Gasteiger partial charge >= 0.3 is 5.69 Å². The Balaban J connectivity index is 1.95. The number of aromatic nitrogens is 2. The molecule has 2 aromatic carbocycles. The van der Waals surface area contributed by atoms with Gasteiger partial charge in [-0.15, -0.1) is 0 Å². The average Bonchev–Trinajstić information content (AvgIpc) is 2.71. The van der Waals surface area contributed by atoms with Crippen molar-refractivity contribution in [2.75, 3.05) is 31.8 Å². The van der Waals surface area contributed by atoms with Crippen molar-refractivity contribution in [3.05, 3.63) is 56.6 Å². The quantitative estimate of drug-likeness (QED) is 0.206. The molecule has 0 fully saturated rings. The number of anilines is 2. The highest BCUT2D eigenvalue weighted by molar-refractivity contribution is 6.42. The summed E-state index contributed by atoms with van der Waals surface area (Å²) in [5.41, 5.74) is -0.0453. The summed E-state index contributed by atoms with van der Waals surface area (Å²) in [7, 11) is 0. The van der Waals surface area contributed by atoms with Gasteiger partial charge in [0.05, 0.1) is 44.8 Å². The SMILES string of the molecule is O=[N+]([O-])c1cc2c(Nc3cc(Cl)c(Cl)cc3F)ncnc2cc1OCCOCCF. The van der Waals surface area contributed by atoms with E-state index in [0.29, 0.717) is 5.52 Å². The van der Waals surface area contributed by atoms with Crippen LogP contribution in [0.1, 0.15) is 0 Å². The second-order valence-corrected chi connectivity index (χ2v) is 6.65. The minimum atomic E-state index is -0.682. The highest BCUT2D eigenvalue weighted by Gasteiger charge is 2.20. The van der Waals surface area contributed by atoms with Gasteiger partial charge in [0.1, 0.15) is 31.2 Å². The van der Waals surface area contributed by atoms with E-state index in [1.807, 2.05) is 0 Å². The highest BCUT2D eigenvalue weighted by atomic mass is 35.5. The molecule has 0 aliphatic heterocycles. The molecule has 0 spiro atoms. The average molecular weight is 459 g/mol. The maximum Gasteiger partial charge on any atom is 0.311 e. The maximum absolute atomic E-state index is 14.2. The standard InChI is InChI=1S/C18H14Cl2F2N4O4/c19-11-6-13(22)15(7-12(11)20)25-18-10-5-16(26(27)28)17(8-14(10)23-9-24-18)30-4-3-29-2-1-21/h5-9H,1-4H2,(H,23,24,25). The molecule has 1 heterocycles. The third-order valence-corrected chi connectivity index (χ3v) is 4.60. The van der Waals surface area contributed by atoms with E-state index in [4.69, 9.17) is 32.7 Å². The third kappa shape index (κ3) is 5.02. The summed E-state index contributed by atoms with van der Waals surface area (Å²) in [6.45, 7) is -0.678. The van der Waals surface area contributed by atoms with Crippen LogP contribution in [-0.2, 0) is 4.74 Å². The molecule has 0 saturated carbocycles. The highest BCUT2D eigenvalue weighted by Crippen LogP contribution is 2.36. The van der Waals surface area contributed by atoms with Crippen LogP contribution in [0.2, 0.25) is 10.0 Å². The molecule has 30 heavy (non-hydrogen) atoms. The molecule has 1 N–H and O–H groups in total. The topological polar surface area (TPSA) is 99.4 Å². The van der Waals surface area contributed by atoms with Gasteiger partial charge in [0.15, 0.2) is 5.75 Å². The minimum Gasteiger partial charge on any atom is -0.484 e. The van der Waals surface area contributed by atoms with Gasteiger partial charge < -0.3 is 14.8 Å². The molecule has 1 aromatic heterocycles. The molecule has 0 saturated heterocycles. The summed E-state index contributed by atoms with van der Waals surface area (Å²) in [5, 5.41) is 14.7. The molecule has 158 valence electrons. The number of nitro benzene ring substituents is 1. The van der Waals surface area contributed by atoms with Gasteiger partial charge in [-0.3, -0.25) is 10.1 Å². The van der Waals surface area contributed by atoms with E-state index in [0.717, 1.165) is 6.07 Å². The molecule has 12 heteroatoms. The molecule has 0 unspecified atom stereocenters. The van der Waals surface area contributed by atoms with Gasteiger partial charge in [-0.1, -0.05) is 23.2 Å². The smallest absolute Gasteiger partial charge is 0.311 e. The molecular weight excluding hydrogens is 445 g/mol. The van der Waals surface area contributed by atoms with Crippen LogP contribution in [0.5, 0.6) is 5.75 Å². The van der Waals surface area contributed by atoms with Crippen molar-refractivity contribution in [1.29, 1.82) is 0 Å². The van der Waals surface area contributed by atoms with E-state index < -0.39 is 17.4 Å². The van der Waals surface area contributed by atoms with Gasteiger partial charge in [-0.05, 0) is 12.1 Å². The Labute approximate surface area is 178 Å². The first-order valence-electron chi connectivity index (χ1n) is 8.52. The van der Waals surface area contributed by atoms with Crippen LogP contribution in [0, 0.1) is 15.9 Å². The lowest BCUT2D eigenvalue weighted by Gasteiger charge is -2.12. The second kappa shape index (κ2) is 9.79. The van der Waals surface area contributed by atoms with Gasteiger partial charge in [-0.2, -0.15) is 0 Å². The van der Waals surface area contributed by atoms with Crippen LogP contribution in [0.15, 0.2) is 30.6 Å². The number of fused-ring (bicyclic) bond motifs is 1. The summed E-state index contributed by atoms with van der Waals surface area (Å²) in [4.78, 5) is 19.0. The van der Waals surface area contributed by atoms with Crippen molar-refractivity contribution in [2.45, 2.75) is 0 Å². The fourth-order valence-corrected chi connectivity index (χ4v) is 2.86. The molecule has 0 aliphatic rings. The van der Waals surface area contributed by atoms with Crippen molar-refractivity contribution in [3.8, 4) is 5.75 Å². The first-order chi connectivity index (χ1) is 14.4. The monoisotopic (exact) mass is 458 g/mol. The Morgan fingerprint density at radius 3 is 2.60 bits per heavy atom. The third-order valence-electron chi connectivity index (χ3n) is 3.88. The molecule has 0 amide bonds. The van der Waals surface area contributed by atoms with Gasteiger partial charge in [0.25, 0.3) is 0 Å². The minimum absolute atomic E-state index is 0.0163. The number of hydrogen-bond acceptors (Lipinski definition) is 7. The Hall–Kier alpha value is -2.82. The number of nitrogens with one attached hydrogen (secondary N) is 1. The lowest BCUT2D eigenvalue weighted by molar-refractivity contribution is -0.385. The van der Waals surface area contributed by atoms with Crippen LogP contribution in [0.3, 0.4) is 0 Å². The zero-order chi connectivity index (χ0) is 21.7. The maximum atomic E-state index is 14.2. The van der Waals surface area contributed by atoms with E-state index in [9.17, 15) is 18.9 Å². The van der Waals surface area contributed by atoms with E-state index in [1.54, 1.807) is 0 Å². The lowest BCUT2D eigenvalue weighted by atomic mass is 10.2. The summed E-state index contributed by atoms with van der Waals surface area (Å²) < 4.78 is 36.6. The van der Waals surface area contributed by atoms with Crippen molar-refractivity contribution in [2.24, 2.45) is 0 Å². The first kappa shape index (κ1) is 21.9. The molecule has 0 bridgehead atoms. The van der Waals surface area contributed by atoms with Crippen LogP contribution >= 0.6 is 23.2 Å². The van der Waals surface area contributed by atoms with Crippen molar-refractivity contribution in [1.82, 2.24) is 9.97 Å². The summed E-state index contributed by atoms with van der Waals surface area (Å²) >= 11 is 11.7. The van der Waals surface area contributed by atoms with Crippen molar-refractivity contribution >= 4 is 51.3 Å². The van der Waals surface area contributed by atoms with Crippen LogP contribution in [-0.4, -0.2) is 41.4 Å². The van der Waals surface area contributed by atoms with E-state index in [1.165, 1.54) is 24.5 Å². The first-order valence-corrected chi connectivity index (χ1v) is 9.27. The number of rotatable bonds is 9. The lowest BCUT2D eigenvalue weighted by Crippen LogP contribution is -2.09. The Morgan fingerprint density at radius 1 is 1.10 bits per heavy atom. The Kier molecular flexibility index (Phi) is 7.14. The van der Waals surface area contributed by atoms with Crippen molar-refractivity contribution in [3.63, 3.8) is 0 Å². The largest absolute Gasteiger partial charge is 0.484 e. The van der Waals surface area contributed by atoms with Gasteiger partial charge in [0.2, 0.25) is 0 Å². The second-order valence-electron chi connectivity index (χ2n) is 5.84. The Bertz CT molecular complexity index is 1090. The number of ether oxygens (including phenoxy) is 2. The van der Waals surface area contributed by atoms with Crippen LogP contribution < -0.4 is 10.1 Å². The number of nitrogens with zero attached hydrogens (tertiary/aromatic N) is 3. The molecule has 3 rings (SSSR count). The predicted octanol–water partition coefficient (Wildman–Crippen LogP) is 5.09. The zero-order valence-corrected chi connectivity index (χ0v) is 16.7. The number of halogens is 4. The number of alkyl halides is 1. The van der Waals surface area contributed by atoms with E-state index in [-0.39, 0.29) is 58.2 Å². The van der Waals surface area contributed by atoms with Crippen LogP contribution in [0.4, 0.5) is 26.0 Å². The van der Waals surface area contributed by atoms with Crippen molar-refractivity contribution < 1.29 is 23.2 Å². The molecular formula is C18H14Cl2F2N4O4. The fraction of sp³-hybridized carbons (Fsp3) is 0.222. The predicted molar refractivity (Wildman–Crippen MR) is 108 cm³/mol. The summed E-state index contributed by atoms with van der Waals surface area (Å²) in [6.07, 6.45) is 1.21. The molecule has 0 aliphatic carbocycles. The molecule has 0 atom stereocenters. The number of hydrogen-bond donors (Lipinski definition) is 1. The van der Waals surface area contributed by atoms with E-state index in [2.05, 4.69) is 15.3 Å².